The van der Waals surface area contributed by atoms with E-state index < -0.39 is 0 Å². The lowest BCUT2D eigenvalue weighted by Gasteiger charge is -2.01. The van der Waals surface area contributed by atoms with Crippen LogP contribution in [0.3, 0.4) is 0 Å². The molecule has 6 heteroatoms. The Morgan fingerprint density at radius 3 is 2.94 bits per heavy atom. The maximum Gasteiger partial charge on any atom is 0.184 e. The fourth-order valence-electron chi connectivity index (χ4n) is 1.89. The van der Waals surface area contributed by atoms with Crippen LogP contribution in [0.5, 0.6) is 0 Å². The molecular formula is C12H13ClN4S. The SMILES string of the molecule is CCn1c(Cl)c(/C=N/NC(N)=S)c2ccccc21. The molecule has 0 unspecified atom stereocenters. The van der Waals surface area contributed by atoms with Gasteiger partial charge in [-0.25, -0.2) is 0 Å². The van der Waals surface area contributed by atoms with Gasteiger partial charge in [-0.3, -0.25) is 5.43 Å². The number of para-hydroxylation sites is 1. The van der Waals surface area contributed by atoms with Crippen molar-refractivity contribution in [3.8, 4) is 0 Å². The Hall–Kier alpha value is -1.59. The smallest absolute Gasteiger partial charge is 0.184 e. The van der Waals surface area contributed by atoms with E-state index in [4.69, 9.17) is 17.3 Å². The van der Waals surface area contributed by atoms with Gasteiger partial charge in [0.1, 0.15) is 5.15 Å². The van der Waals surface area contributed by atoms with Crippen LogP contribution in [0.2, 0.25) is 5.15 Å². The summed E-state index contributed by atoms with van der Waals surface area (Å²) in [5, 5.41) is 5.80. The molecule has 94 valence electrons. The minimum Gasteiger partial charge on any atom is -0.375 e. The zero-order valence-electron chi connectivity index (χ0n) is 9.85. The highest BCUT2D eigenvalue weighted by molar-refractivity contribution is 7.80. The number of hydrogen-bond donors (Lipinski definition) is 2. The molecule has 2 aromatic rings. The molecule has 0 bridgehead atoms. The third-order valence-electron chi connectivity index (χ3n) is 2.63. The summed E-state index contributed by atoms with van der Waals surface area (Å²) >= 11 is 11.0. The maximum atomic E-state index is 6.35. The summed E-state index contributed by atoms with van der Waals surface area (Å²) in [4.78, 5) is 0. The molecule has 0 spiro atoms. The third kappa shape index (κ3) is 2.32. The summed E-state index contributed by atoms with van der Waals surface area (Å²) in [5.74, 6) is 0. The molecule has 0 fully saturated rings. The zero-order valence-corrected chi connectivity index (χ0v) is 11.4. The maximum absolute atomic E-state index is 6.35. The number of aryl methyl sites for hydroxylation is 1. The van der Waals surface area contributed by atoms with E-state index in [0.717, 1.165) is 23.0 Å². The third-order valence-corrected chi connectivity index (χ3v) is 3.13. The number of fused-ring (bicyclic) bond motifs is 1. The van der Waals surface area contributed by atoms with Gasteiger partial charge in [0.2, 0.25) is 0 Å². The number of benzene rings is 1. The number of halogens is 1. The summed E-state index contributed by atoms with van der Waals surface area (Å²) in [6.45, 7) is 2.85. The minimum atomic E-state index is 0.126. The van der Waals surface area contributed by atoms with E-state index in [9.17, 15) is 0 Å². The lowest BCUT2D eigenvalue weighted by Crippen LogP contribution is -2.24. The van der Waals surface area contributed by atoms with E-state index in [1.165, 1.54) is 0 Å². The van der Waals surface area contributed by atoms with Crippen LogP contribution in [0.4, 0.5) is 0 Å². The Labute approximate surface area is 115 Å². The molecule has 18 heavy (non-hydrogen) atoms. The van der Waals surface area contributed by atoms with E-state index in [1.54, 1.807) is 6.21 Å². The largest absolute Gasteiger partial charge is 0.375 e. The molecule has 4 nitrogen and oxygen atoms in total. The Bertz CT molecular complexity index is 618. The molecule has 0 aliphatic rings. The van der Waals surface area contributed by atoms with E-state index in [1.807, 2.05) is 35.8 Å². The summed E-state index contributed by atoms with van der Waals surface area (Å²) in [6, 6.07) is 7.99. The molecule has 0 saturated heterocycles. The van der Waals surface area contributed by atoms with Crippen molar-refractivity contribution >= 4 is 46.0 Å². The van der Waals surface area contributed by atoms with Crippen LogP contribution in [-0.4, -0.2) is 15.9 Å². The first-order valence-corrected chi connectivity index (χ1v) is 6.29. The molecule has 2 rings (SSSR count). The van der Waals surface area contributed by atoms with Crippen LogP contribution >= 0.6 is 23.8 Å². The number of nitrogens with two attached hydrogens (primary N) is 1. The van der Waals surface area contributed by atoms with Crippen molar-refractivity contribution in [1.29, 1.82) is 0 Å². The average Bonchev–Trinajstić information content (AvgIpc) is 2.62. The second kappa shape index (κ2) is 5.37. The molecule has 0 aliphatic carbocycles. The second-order valence-corrected chi connectivity index (χ2v) is 4.50. The van der Waals surface area contributed by atoms with Gasteiger partial charge in [-0.15, -0.1) is 0 Å². The highest BCUT2D eigenvalue weighted by atomic mass is 35.5. The van der Waals surface area contributed by atoms with E-state index in [0.29, 0.717) is 5.15 Å². The van der Waals surface area contributed by atoms with Gasteiger partial charge < -0.3 is 10.3 Å². The van der Waals surface area contributed by atoms with Gasteiger partial charge in [0, 0.05) is 23.0 Å². The minimum absolute atomic E-state index is 0.126. The topological polar surface area (TPSA) is 55.3 Å². The van der Waals surface area contributed by atoms with Crippen molar-refractivity contribution in [2.24, 2.45) is 10.8 Å². The second-order valence-electron chi connectivity index (χ2n) is 3.70. The van der Waals surface area contributed by atoms with Crippen molar-refractivity contribution in [3.05, 3.63) is 35.0 Å². The Balaban J connectivity index is 2.52. The molecular weight excluding hydrogens is 268 g/mol. The first kappa shape index (κ1) is 12.9. The van der Waals surface area contributed by atoms with Crippen LogP contribution in [0.25, 0.3) is 10.9 Å². The number of thiocarbonyl (C=S) groups is 1. The summed E-state index contributed by atoms with van der Waals surface area (Å²) < 4.78 is 2.03. The fraction of sp³-hybridized carbons (Fsp3) is 0.167. The van der Waals surface area contributed by atoms with Crippen molar-refractivity contribution in [2.75, 3.05) is 0 Å². The lowest BCUT2D eigenvalue weighted by molar-refractivity contribution is 0.798. The molecule has 1 heterocycles. The fourth-order valence-corrected chi connectivity index (χ4v) is 2.31. The van der Waals surface area contributed by atoms with Crippen molar-refractivity contribution in [2.45, 2.75) is 13.5 Å². The van der Waals surface area contributed by atoms with E-state index in [2.05, 4.69) is 22.7 Å². The number of rotatable bonds is 3. The summed E-state index contributed by atoms with van der Waals surface area (Å²) in [7, 11) is 0. The van der Waals surface area contributed by atoms with Gasteiger partial charge in [-0.2, -0.15) is 5.10 Å². The standard InChI is InChI=1S/C12H13ClN4S/c1-2-17-10-6-4-3-5-8(10)9(11(17)13)7-15-16-12(14)18/h3-7H,2H2,1H3,(H3,14,16,18)/b15-7+. The Morgan fingerprint density at radius 1 is 1.56 bits per heavy atom. The van der Waals surface area contributed by atoms with Crippen molar-refractivity contribution < 1.29 is 0 Å². The van der Waals surface area contributed by atoms with Crippen LogP contribution in [0, 0.1) is 0 Å². The zero-order chi connectivity index (χ0) is 13.1. The molecule has 3 N–H and O–H groups in total. The number of nitrogens with zero attached hydrogens (tertiary/aromatic N) is 2. The predicted molar refractivity (Wildman–Crippen MR) is 80.1 cm³/mol. The van der Waals surface area contributed by atoms with Gasteiger partial charge in [0.25, 0.3) is 0 Å². The summed E-state index contributed by atoms with van der Waals surface area (Å²) in [6.07, 6.45) is 1.63. The van der Waals surface area contributed by atoms with Crippen LogP contribution in [0.1, 0.15) is 12.5 Å². The monoisotopic (exact) mass is 280 g/mol. The predicted octanol–water partition coefficient (Wildman–Crippen LogP) is 2.48. The highest BCUT2D eigenvalue weighted by Gasteiger charge is 2.12. The summed E-state index contributed by atoms with van der Waals surface area (Å²) in [5.41, 5.74) is 9.78. The highest BCUT2D eigenvalue weighted by Crippen LogP contribution is 2.28. The molecule has 0 saturated carbocycles. The van der Waals surface area contributed by atoms with Gasteiger partial charge >= 0.3 is 0 Å². The molecule has 0 amide bonds. The number of hydrazone groups is 1. The molecule has 0 atom stereocenters. The quantitative estimate of drug-likeness (QED) is 0.516. The van der Waals surface area contributed by atoms with Gasteiger partial charge in [0.15, 0.2) is 5.11 Å². The van der Waals surface area contributed by atoms with Gasteiger partial charge in [-0.1, -0.05) is 29.8 Å². The molecule has 0 radical (unpaired) electrons. The number of hydrogen-bond acceptors (Lipinski definition) is 2. The lowest BCUT2D eigenvalue weighted by atomic mass is 10.2. The Kier molecular flexibility index (Phi) is 3.84. The number of nitrogens with one attached hydrogen (secondary N) is 1. The van der Waals surface area contributed by atoms with E-state index in [-0.39, 0.29) is 5.11 Å². The van der Waals surface area contributed by atoms with Gasteiger partial charge in [0.05, 0.1) is 6.21 Å². The van der Waals surface area contributed by atoms with Crippen molar-refractivity contribution in [3.63, 3.8) is 0 Å². The molecule has 0 aliphatic heterocycles. The first-order chi connectivity index (χ1) is 8.65. The van der Waals surface area contributed by atoms with Crippen molar-refractivity contribution in [1.82, 2.24) is 9.99 Å². The number of aromatic nitrogens is 1. The average molecular weight is 281 g/mol. The van der Waals surface area contributed by atoms with Crippen LogP contribution < -0.4 is 11.2 Å². The first-order valence-electron chi connectivity index (χ1n) is 5.50. The van der Waals surface area contributed by atoms with E-state index >= 15 is 0 Å². The van der Waals surface area contributed by atoms with Crippen LogP contribution in [-0.2, 0) is 6.54 Å². The molecule has 1 aromatic carbocycles. The van der Waals surface area contributed by atoms with Gasteiger partial charge in [-0.05, 0) is 25.2 Å². The Morgan fingerprint density at radius 2 is 2.28 bits per heavy atom. The van der Waals surface area contributed by atoms with Crippen LogP contribution in [0.15, 0.2) is 29.4 Å². The molecule has 1 aromatic heterocycles. The normalized spacial score (nSPS) is 11.2.